The first kappa shape index (κ1) is 12.1. The van der Waals surface area contributed by atoms with E-state index in [1.165, 1.54) is 12.8 Å². The number of hydrogen-bond donors (Lipinski definition) is 1. The Morgan fingerprint density at radius 1 is 1.42 bits per heavy atom. The van der Waals surface area contributed by atoms with Gasteiger partial charge in [0.25, 0.3) is 5.56 Å². The van der Waals surface area contributed by atoms with Gasteiger partial charge in [0.05, 0.1) is 17.5 Å². The third-order valence-electron chi connectivity index (χ3n) is 3.77. The summed E-state index contributed by atoms with van der Waals surface area (Å²) in [5.41, 5.74) is 1.73. The zero-order valence-corrected chi connectivity index (χ0v) is 11.1. The fraction of sp³-hybridized carbons (Fsp3) is 0.500. The van der Waals surface area contributed by atoms with E-state index in [2.05, 4.69) is 15.1 Å². The summed E-state index contributed by atoms with van der Waals surface area (Å²) in [4.78, 5) is 19.2. The van der Waals surface area contributed by atoms with Crippen LogP contribution >= 0.6 is 0 Å². The van der Waals surface area contributed by atoms with Gasteiger partial charge in [0.15, 0.2) is 0 Å². The number of aromatic nitrogens is 4. The average molecular weight is 258 g/mol. The number of H-pyrrole nitrogens is 1. The van der Waals surface area contributed by atoms with Crippen molar-refractivity contribution in [1.82, 2.24) is 19.7 Å². The molecule has 1 N–H and O–H groups in total. The molecule has 0 spiro atoms. The topological polar surface area (TPSA) is 63.6 Å². The molecule has 0 saturated heterocycles. The second kappa shape index (κ2) is 4.99. The molecule has 19 heavy (non-hydrogen) atoms. The van der Waals surface area contributed by atoms with E-state index < -0.39 is 0 Å². The van der Waals surface area contributed by atoms with E-state index in [1.54, 1.807) is 12.3 Å². The number of aryl methyl sites for hydroxylation is 1. The SMILES string of the molecule is CCn1cc(-c2nc(C3CCCC3)cc(=O)[nH]2)cn1. The summed E-state index contributed by atoms with van der Waals surface area (Å²) in [7, 11) is 0. The monoisotopic (exact) mass is 258 g/mol. The van der Waals surface area contributed by atoms with Gasteiger partial charge < -0.3 is 4.98 Å². The number of nitrogens with zero attached hydrogens (tertiary/aromatic N) is 3. The Balaban J connectivity index is 1.99. The van der Waals surface area contributed by atoms with Crippen LogP contribution in [0.15, 0.2) is 23.3 Å². The molecule has 100 valence electrons. The van der Waals surface area contributed by atoms with E-state index in [0.29, 0.717) is 11.7 Å². The summed E-state index contributed by atoms with van der Waals surface area (Å²) in [6.07, 6.45) is 8.43. The largest absolute Gasteiger partial charge is 0.306 e. The number of nitrogens with one attached hydrogen (secondary N) is 1. The second-order valence-corrected chi connectivity index (χ2v) is 5.08. The molecule has 0 radical (unpaired) electrons. The van der Waals surface area contributed by atoms with Gasteiger partial charge in [-0.2, -0.15) is 5.10 Å². The van der Waals surface area contributed by atoms with Crippen molar-refractivity contribution in [1.29, 1.82) is 0 Å². The molecule has 2 aromatic rings. The molecular weight excluding hydrogens is 240 g/mol. The lowest BCUT2D eigenvalue weighted by Gasteiger charge is -2.08. The first-order valence-corrected chi connectivity index (χ1v) is 6.90. The standard InChI is InChI=1S/C14H18N4O/c1-2-18-9-11(8-15-18)14-16-12(7-13(19)17-14)10-5-3-4-6-10/h7-10H,2-6H2,1H3,(H,16,17,19). The van der Waals surface area contributed by atoms with E-state index in [4.69, 9.17) is 0 Å². The molecule has 0 atom stereocenters. The summed E-state index contributed by atoms with van der Waals surface area (Å²) in [5.74, 6) is 1.08. The summed E-state index contributed by atoms with van der Waals surface area (Å²) in [6.45, 7) is 2.84. The van der Waals surface area contributed by atoms with Gasteiger partial charge in [-0.05, 0) is 19.8 Å². The molecule has 2 aromatic heterocycles. The predicted molar refractivity (Wildman–Crippen MR) is 73.0 cm³/mol. The highest BCUT2D eigenvalue weighted by Crippen LogP contribution is 2.32. The normalized spacial score (nSPS) is 16.1. The summed E-state index contributed by atoms with van der Waals surface area (Å²) < 4.78 is 1.83. The van der Waals surface area contributed by atoms with Gasteiger partial charge in [-0.25, -0.2) is 4.98 Å². The molecule has 0 aliphatic heterocycles. The Bertz CT molecular complexity index is 622. The van der Waals surface area contributed by atoms with Crippen LogP contribution in [0.3, 0.4) is 0 Å². The number of hydrogen-bond acceptors (Lipinski definition) is 3. The molecule has 0 bridgehead atoms. The Labute approximate surface area is 111 Å². The van der Waals surface area contributed by atoms with Gasteiger partial charge in [-0.1, -0.05) is 12.8 Å². The predicted octanol–water partition coefficient (Wildman–Crippen LogP) is 2.31. The van der Waals surface area contributed by atoms with Gasteiger partial charge in [0.2, 0.25) is 0 Å². The average Bonchev–Trinajstić information content (AvgIpc) is 3.09. The molecule has 1 aliphatic rings. The van der Waals surface area contributed by atoms with Crippen molar-refractivity contribution in [2.24, 2.45) is 0 Å². The van der Waals surface area contributed by atoms with E-state index in [-0.39, 0.29) is 5.56 Å². The van der Waals surface area contributed by atoms with Crippen molar-refractivity contribution in [3.63, 3.8) is 0 Å². The molecule has 0 aromatic carbocycles. The van der Waals surface area contributed by atoms with Crippen LogP contribution in [0.25, 0.3) is 11.4 Å². The number of aromatic amines is 1. The molecule has 3 rings (SSSR count). The molecule has 2 heterocycles. The molecule has 5 heteroatoms. The van der Waals surface area contributed by atoms with Gasteiger partial charge in [0, 0.05) is 24.7 Å². The molecule has 1 aliphatic carbocycles. The van der Waals surface area contributed by atoms with Gasteiger partial charge in [-0.3, -0.25) is 9.48 Å². The Morgan fingerprint density at radius 3 is 2.89 bits per heavy atom. The second-order valence-electron chi connectivity index (χ2n) is 5.08. The van der Waals surface area contributed by atoms with E-state index in [9.17, 15) is 4.79 Å². The molecule has 5 nitrogen and oxygen atoms in total. The lowest BCUT2D eigenvalue weighted by Crippen LogP contribution is -2.12. The summed E-state index contributed by atoms with van der Waals surface area (Å²) >= 11 is 0. The molecule has 0 unspecified atom stereocenters. The van der Waals surface area contributed by atoms with Crippen molar-refractivity contribution in [3.05, 3.63) is 34.5 Å². The minimum absolute atomic E-state index is 0.0730. The van der Waals surface area contributed by atoms with Crippen molar-refractivity contribution >= 4 is 0 Å². The third-order valence-corrected chi connectivity index (χ3v) is 3.77. The van der Waals surface area contributed by atoms with Crippen LogP contribution in [0.2, 0.25) is 0 Å². The Morgan fingerprint density at radius 2 is 2.21 bits per heavy atom. The zero-order chi connectivity index (χ0) is 13.2. The summed E-state index contributed by atoms with van der Waals surface area (Å²) in [6, 6.07) is 1.64. The van der Waals surface area contributed by atoms with E-state index >= 15 is 0 Å². The van der Waals surface area contributed by atoms with Gasteiger partial charge in [0.1, 0.15) is 5.82 Å². The highest BCUT2D eigenvalue weighted by atomic mass is 16.1. The lowest BCUT2D eigenvalue weighted by molar-refractivity contribution is 0.660. The molecule has 1 saturated carbocycles. The van der Waals surface area contributed by atoms with Crippen LogP contribution in [0.5, 0.6) is 0 Å². The van der Waals surface area contributed by atoms with Crippen LogP contribution < -0.4 is 5.56 Å². The molecule has 0 amide bonds. The maximum atomic E-state index is 11.8. The van der Waals surface area contributed by atoms with Crippen LogP contribution in [0.4, 0.5) is 0 Å². The highest BCUT2D eigenvalue weighted by molar-refractivity contribution is 5.52. The van der Waals surface area contributed by atoms with Crippen LogP contribution in [0, 0.1) is 0 Å². The van der Waals surface area contributed by atoms with Gasteiger partial charge >= 0.3 is 0 Å². The van der Waals surface area contributed by atoms with E-state index in [1.807, 2.05) is 17.8 Å². The maximum absolute atomic E-state index is 11.8. The van der Waals surface area contributed by atoms with Crippen molar-refractivity contribution in [2.45, 2.75) is 45.1 Å². The maximum Gasteiger partial charge on any atom is 0.251 e. The van der Waals surface area contributed by atoms with Gasteiger partial charge in [-0.15, -0.1) is 0 Å². The van der Waals surface area contributed by atoms with Crippen molar-refractivity contribution < 1.29 is 0 Å². The Kier molecular flexibility index (Phi) is 3.19. The highest BCUT2D eigenvalue weighted by Gasteiger charge is 2.19. The molecular formula is C14H18N4O. The summed E-state index contributed by atoms with van der Waals surface area (Å²) in [5, 5.41) is 4.22. The van der Waals surface area contributed by atoms with Crippen LogP contribution in [-0.4, -0.2) is 19.7 Å². The smallest absolute Gasteiger partial charge is 0.251 e. The first-order valence-electron chi connectivity index (χ1n) is 6.90. The quantitative estimate of drug-likeness (QED) is 0.918. The fourth-order valence-electron chi connectivity index (χ4n) is 2.70. The van der Waals surface area contributed by atoms with E-state index in [0.717, 1.165) is 30.6 Å². The molecule has 1 fully saturated rings. The number of rotatable bonds is 3. The zero-order valence-electron chi connectivity index (χ0n) is 11.1. The fourth-order valence-corrected chi connectivity index (χ4v) is 2.70. The third kappa shape index (κ3) is 2.45. The first-order chi connectivity index (χ1) is 9.26. The van der Waals surface area contributed by atoms with Crippen molar-refractivity contribution in [2.75, 3.05) is 0 Å². The minimum Gasteiger partial charge on any atom is -0.306 e. The minimum atomic E-state index is -0.0730. The lowest BCUT2D eigenvalue weighted by atomic mass is 10.0. The van der Waals surface area contributed by atoms with Crippen LogP contribution in [-0.2, 0) is 6.54 Å². The van der Waals surface area contributed by atoms with Crippen molar-refractivity contribution in [3.8, 4) is 11.4 Å². The Hall–Kier alpha value is -1.91. The van der Waals surface area contributed by atoms with Crippen LogP contribution in [0.1, 0.15) is 44.2 Å².